The van der Waals surface area contributed by atoms with Gasteiger partial charge in [0.05, 0.1) is 12.0 Å². The lowest BCUT2D eigenvalue weighted by atomic mass is 9.92. The number of aryl methyl sites for hydroxylation is 1. The lowest BCUT2D eigenvalue weighted by Crippen LogP contribution is -2.45. The summed E-state index contributed by atoms with van der Waals surface area (Å²) in [6.45, 7) is 8.53. The van der Waals surface area contributed by atoms with E-state index in [9.17, 15) is 0 Å². The van der Waals surface area contributed by atoms with Crippen LogP contribution in [-0.2, 0) is 13.1 Å². The van der Waals surface area contributed by atoms with Crippen LogP contribution in [-0.4, -0.2) is 33.6 Å². The molecule has 1 fully saturated rings. The maximum atomic E-state index is 5.92. The number of aromatic nitrogens is 2. The molecule has 0 aromatic carbocycles. The Kier molecular flexibility index (Phi) is 4.78. The van der Waals surface area contributed by atoms with E-state index in [4.69, 9.17) is 5.73 Å². The second-order valence-electron chi connectivity index (χ2n) is 5.57. The quantitative estimate of drug-likeness (QED) is 0.867. The van der Waals surface area contributed by atoms with Gasteiger partial charge in [0.15, 0.2) is 0 Å². The fraction of sp³-hybridized carbons (Fsp3) is 0.786. The largest absolute Gasteiger partial charge is 0.333 e. The van der Waals surface area contributed by atoms with Crippen LogP contribution in [0.5, 0.6) is 0 Å². The Labute approximate surface area is 110 Å². The van der Waals surface area contributed by atoms with E-state index in [1.165, 1.54) is 25.1 Å². The number of nitrogens with zero attached hydrogens (tertiary/aromatic N) is 3. The van der Waals surface area contributed by atoms with Crippen molar-refractivity contribution in [2.75, 3.05) is 13.1 Å². The lowest BCUT2D eigenvalue weighted by molar-refractivity contribution is 0.112. The SMILES string of the molecule is CCCn1cncc1CN1CCC(C)CC1CN. The molecule has 2 heterocycles. The minimum absolute atomic E-state index is 0.540. The maximum Gasteiger partial charge on any atom is 0.0948 e. The molecule has 2 atom stereocenters. The van der Waals surface area contributed by atoms with Gasteiger partial charge in [-0.3, -0.25) is 4.90 Å². The third-order valence-corrected chi connectivity index (χ3v) is 4.00. The number of piperidine rings is 1. The van der Waals surface area contributed by atoms with Crippen LogP contribution in [0.25, 0.3) is 0 Å². The molecule has 1 aliphatic rings. The van der Waals surface area contributed by atoms with Crippen LogP contribution in [0.2, 0.25) is 0 Å². The normalized spacial score (nSPS) is 25.5. The summed E-state index contributed by atoms with van der Waals surface area (Å²) in [6.07, 6.45) is 7.63. The van der Waals surface area contributed by atoms with Crippen molar-refractivity contribution in [1.82, 2.24) is 14.5 Å². The van der Waals surface area contributed by atoms with Crippen molar-refractivity contribution < 1.29 is 0 Å². The second kappa shape index (κ2) is 6.34. The molecule has 0 bridgehead atoms. The summed E-state index contributed by atoms with van der Waals surface area (Å²) >= 11 is 0. The molecule has 0 amide bonds. The molecule has 4 nitrogen and oxygen atoms in total. The number of rotatable bonds is 5. The van der Waals surface area contributed by atoms with Crippen molar-refractivity contribution in [3.05, 3.63) is 18.2 Å². The van der Waals surface area contributed by atoms with Gasteiger partial charge in [0.25, 0.3) is 0 Å². The van der Waals surface area contributed by atoms with Gasteiger partial charge in [-0.05, 0) is 31.7 Å². The summed E-state index contributed by atoms with van der Waals surface area (Å²) in [5.41, 5.74) is 7.24. The minimum Gasteiger partial charge on any atom is -0.333 e. The van der Waals surface area contributed by atoms with Crippen LogP contribution >= 0.6 is 0 Å². The molecule has 4 heteroatoms. The first kappa shape index (κ1) is 13.6. The molecule has 2 rings (SSSR count). The highest BCUT2D eigenvalue weighted by Crippen LogP contribution is 2.23. The van der Waals surface area contributed by atoms with E-state index >= 15 is 0 Å². The van der Waals surface area contributed by atoms with Crippen LogP contribution in [0.3, 0.4) is 0 Å². The summed E-state index contributed by atoms with van der Waals surface area (Å²) < 4.78 is 2.27. The van der Waals surface area contributed by atoms with Crippen LogP contribution < -0.4 is 5.73 Å². The highest BCUT2D eigenvalue weighted by atomic mass is 15.2. The fourth-order valence-electron chi connectivity index (χ4n) is 2.88. The molecule has 1 aliphatic heterocycles. The lowest BCUT2D eigenvalue weighted by Gasteiger charge is -2.38. The number of hydrogen-bond acceptors (Lipinski definition) is 3. The zero-order chi connectivity index (χ0) is 13.0. The van der Waals surface area contributed by atoms with Gasteiger partial charge in [0.1, 0.15) is 0 Å². The van der Waals surface area contributed by atoms with Gasteiger partial charge < -0.3 is 10.3 Å². The molecule has 1 saturated heterocycles. The van der Waals surface area contributed by atoms with Crippen molar-refractivity contribution >= 4 is 0 Å². The third kappa shape index (κ3) is 3.12. The summed E-state index contributed by atoms with van der Waals surface area (Å²) in [4.78, 5) is 6.81. The Hall–Kier alpha value is -0.870. The third-order valence-electron chi connectivity index (χ3n) is 4.00. The van der Waals surface area contributed by atoms with E-state index < -0.39 is 0 Å². The van der Waals surface area contributed by atoms with E-state index in [0.717, 1.165) is 32.0 Å². The zero-order valence-electron chi connectivity index (χ0n) is 11.7. The first-order chi connectivity index (χ1) is 8.74. The van der Waals surface area contributed by atoms with Gasteiger partial charge in [-0.15, -0.1) is 0 Å². The van der Waals surface area contributed by atoms with Crippen molar-refractivity contribution in [3.63, 3.8) is 0 Å². The maximum absolute atomic E-state index is 5.92. The summed E-state index contributed by atoms with van der Waals surface area (Å²) in [5, 5.41) is 0. The van der Waals surface area contributed by atoms with E-state index in [1.54, 1.807) is 0 Å². The van der Waals surface area contributed by atoms with Crippen LogP contribution in [0.15, 0.2) is 12.5 Å². The highest BCUT2D eigenvalue weighted by molar-refractivity contribution is 4.99. The van der Waals surface area contributed by atoms with Gasteiger partial charge in [-0.1, -0.05) is 13.8 Å². The van der Waals surface area contributed by atoms with Gasteiger partial charge >= 0.3 is 0 Å². The molecular formula is C14H26N4. The topological polar surface area (TPSA) is 47.1 Å². The molecule has 102 valence electrons. The predicted octanol–water partition coefficient (Wildman–Crippen LogP) is 1.85. The summed E-state index contributed by atoms with van der Waals surface area (Å²) in [7, 11) is 0. The Morgan fingerprint density at radius 2 is 2.33 bits per heavy atom. The molecule has 0 spiro atoms. The Balaban J connectivity index is 2.00. The number of hydrogen-bond donors (Lipinski definition) is 1. The average molecular weight is 250 g/mol. The van der Waals surface area contributed by atoms with Crippen LogP contribution in [0, 0.1) is 5.92 Å². The van der Waals surface area contributed by atoms with Crippen molar-refractivity contribution in [2.24, 2.45) is 11.7 Å². The van der Waals surface area contributed by atoms with Gasteiger partial charge in [0, 0.05) is 31.9 Å². The molecule has 2 N–H and O–H groups in total. The van der Waals surface area contributed by atoms with E-state index in [1.807, 2.05) is 12.5 Å². The number of imidazole rings is 1. The van der Waals surface area contributed by atoms with E-state index in [-0.39, 0.29) is 0 Å². The molecule has 1 aromatic heterocycles. The number of nitrogens with two attached hydrogens (primary N) is 1. The summed E-state index contributed by atoms with van der Waals surface area (Å²) in [5.74, 6) is 0.815. The molecule has 0 saturated carbocycles. The fourth-order valence-corrected chi connectivity index (χ4v) is 2.88. The Morgan fingerprint density at radius 1 is 1.50 bits per heavy atom. The molecule has 18 heavy (non-hydrogen) atoms. The van der Waals surface area contributed by atoms with Gasteiger partial charge in [-0.25, -0.2) is 4.98 Å². The van der Waals surface area contributed by atoms with Crippen LogP contribution in [0.4, 0.5) is 0 Å². The second-order valence-corrected chi connectivity index (χ2v) is 5.57. The average Bonchev–Trinajstić information content (AvgIpc) is 2.79. The smallest absolute Gasteiger partial charge is 0.0948 e. The zero-order valence-corrected chi connectivity index (χ0v) is 11.7. The number of likely N-dealkylation sites (tertiary alicyclic amines) is 1. The van der Waals surface area contributed by atoms with E-state index in [2.05, 4.69) is 28.3 Å². The Morgan fingerprint density at radius 3 is 3.06 bits per heavy atom. The molecule has 2 unspecified atom stereocenters. The minimum atomic E-state index is 0.540. The van der Waals surface area contributed by atoms with E-state index in [0.29, 0.717) is 6.04 Å². The van der Waals surface area contributed by atoms with Crippen molar-refractivity contribution in [1.29, 1.82) is 0 Å². The molecule has 1 aromatic rings. The summed E-state index contributed by atoms with van der Waals surface area (Å²) in [6, 6.07) is 0.540. The van der Waals surface area contributed by atoms with Crippen molar-refractivity contribution in [3.8, 4) is 0 Å². The predicted molar refractivity (Wildman–Crippen MR) is 74.2 cm³/mol. The van der Waals surface area contributed by atoms with Crippen molar-refractivity contribution in [2.45, 2.75) is 52.2 Å². The molecule has 0 radical (unpaired) electrons. The van der Waals surface area contributed by atoms with Crippen LogP contribution in [0.1, 0.15) is 38.8 Å². The Bertz CT molecular complexity index is 360. The monoisotopic (exact) mass is 250 g/mol. The first-order valence-electron chi connectivity index (χ1n) is 7.17. The highest BCUT2D eigenvalue weighted by Gasteiger charge is 2.25. The van der Waals surface area contributed by atoms with Gasteiger partial charge in [-0.2, -0.15) is 0 Å². The first-order valence-corrected chi connectivity index (χ1v) is 7.17. The molecule has 0 aliphatic carbocycles. The molecular weight excluding hydrogens is 224 g/mol. The standard InChI is InChI=1S/C14H26N4/c1-3-5-18-11-16-9-14(18)10-17-6-4-12(2)7-13(17)8-15/h9,11-13H,3-8,10,15H2,1-2H3. The van der Waals surface area contributed by atoms with Gasteiger partial charge in [0.2, 0.25) is 0 Å².